The largest absolute Gasteiger partial charge is 0.328 e. The maximum absolute atomic E-state index is 12.1. The average Bonchev–Trinajstić information content (AvgIpc) is 2.36. The van der Waals surface area contributed by atoms with Gasteiger partial charge in [-0.3, -0.25) is 4.79 Å². The molecule has 1 unspecified atom stereocenters. The average molecular weight is 276 g/mol. The molecular formula is C17H28N2O. The number of carbonyl (C=O) groups excluding carboxylic acids is 1. The van der Waals surface area contributed by atoms with Gasteiger partial charge in [0.1, 0.15) is 0 Å². The summed E-state index contributed by atoms with van der Waals surface area (Å²) in [5.41, 5.74) is 9.10. The van der Waals surface area contributed by atoms with Gasteiger partial charge in [-0.2, -0.15) is 0 Å². The molecule has 1 rings (SSSR count). The zero-order chi connectivity index (χ0) is 15.3. The first-order chi connectivity index (χ1) is 9.32. The van der Waals surface area contributed by atoms with Gasteiger partial charge in [0.05, 0.1) is 0 Å². The van der Waals surface area contributed by atoms with E-state index < -0.39 is 0 Å². The standard InChI is InChI=1S/C17H28N2O/c1-11(2)14-7-6-8-15(12(3)4)17(14)19-16(20)10-9-13(5)18/h6-8,11-13H,9-10,18H2,1-5H3,(H,19,20). The van der Waals surface area contributed by atoms with Gasteiger partial charge in [0.15, 0.2) is 0 Å². The highest BCUT2D eigenvalue weighted by Crippen LogP contribution is 2.32. The van der Waals surface area contributed by atoms with Gasteiger partial charge in [-0.05, 0) is 36.3 Å². The minimum Gasteiger partial charge on any atom is -0.328 e. The highest BCUT2D eigenvalue weighted by molar-refractivity contribution is 5.92. The van der Waals surface area contributed by atoms with Crippen molar-refractivity contribution in [2.75, 3.05) is 5.32 Å². The molecule has 1 aromatic carbocycles. The lowest BCUT2D eigenvalue weighted by atomic mass is 9.92. The Kier molecular flexibility index (Phi) is 6.21. The van der Waals surface area contributed by atoms with Crippen molar-refractivity contribution in [3.05, 3.63) is 29.3 Å². The van der Waals surface area contributed by atoms with E-state index in [0.717, 1.165) is 5.69 Å². The summed E-state index contributed by atoms with van der Waals surface area (Å²) in [6, 6.07) is 6.32. The smallest absolute Gasteiger partial charge is 0.224 e. The minimum atomic E-state index is 0.0531. The number of rotatable bonds is 6. The van der Waals surface area contributed by atoms with Crippen molar-refractivity contribution in [1.82, 2.24) is 0 Å². The first-order valence-electron chi connectivity index (χ1n) is 7.51. The van der Waals surface area contributed by atoms with E-state index in [4.69, 9.17) is 5.73 Å². The zero-order valence-corrected chi connectivity index (χ0v) is 13.4. The highest BCUT2D eigenvalue weighted by atomic mass is 16.1. The molecule has 0 fully saturated rings. The Morgan fingerprint density at radius 2 is 1.60 bits per heavy atom. The molecule has 0 saturated heterocycles. The minimum absolute atomic E-state index is 0.0531. The molecular weight excluding hydrogens is 248 g/mol. The Morgan fingerprint density at radius 1 is 1.10 bits per heavy atom. The van der Waals surface area contributed by atoms with Crippen molar-refractivity contribution in [1.29, 1.82) is 0 Å². The number of nitrogens with one attached hydrogen (secondary N) is 1. The van der Waals surface area contributed by atoms with Crippen molar-refractivity contribution in [3.8, 4) is 0 Å². The van der Waals surface area contributed by atoms with Crippen LogP contribution in [0, 0.1) is 0 Å². The topological polar surface area (TPSA) is 55.1 Å². The van der Waals surface area contributed by atoms with Crippen LogP contribution in [0.2, 0.25) is 0 Å². The van der Waals surface area contributed by atoms with E-state index in [2.05, 4.69) is 51.2 Å². The number of benzene rings is 1. The first kappa shape index (κ1) is 16.7. The second-order valence-corrected chi connectivity index (χ2v) is 6.19. The lowest BCUT2D eigenvalue weighted by molar-refractivity contribution is -0.116. The predicted molar refractivity (Wildman–Crippen MR) is 86.1 cm³/mol. The van der Waals surface area contributed by atoms with Crippen LogP contribution in [0.15, 0.2) is 18.2 Å². The summed E-state index contributed by atoms with van der Waals surface area (Å²) in [7, 11) is 0. The normalized spacial score (nSPS) is 12.8. The summed E-state index contributed by atoms with van der Waals surface area (Å²) in [5, 5.41) is 3.10. The summed E-state index contributed by atoms with van der Waals surface area (Å²) in [5.74, 6) is 0.826. The fourth-order valence-corrected chi connectivity index (χ4v) is 2.26. The molecule has 0 aromatic heterocycles. The molecule has 0 heterocycles. The van der Waals surface area contributed by atoms with E-state index in [0.29, 0.717) is 24.7 Å². The molecule has 3 heteroatoms. The van der Waals surface area contributed by atoms with E-state index in [1.54, 1.807) is 0 Å². The number of hydrogen-bond acceptors (Lipinski definition) is 2. The molecule has 112 valence electrons. The first-order valence-corrected chi connectivity index (χ1v) is 7.51. The van der Waals surface area contributed by atoms with Crippen molar-refractivity contribution in [2.24, 2.45) is 5.73 Å². The number of anilines is 1. The van der Waals surface area contributed by atoms with Crippen molar-refractivity contribution in [3.63, 3.8) is 0 Å². The molecule has 20 heavy (non-hydrogen) atoms. The van der Waals surface area contributed by atoms with Gasteiger partial charge < -0.3 is 11.1 Å². The molecule has 3 N–H and O–H groups in total. The van der Waals surface area contributed by atoms with E-state index >= 15 is 0 Å². The van der Waals surface area contributed by atoms with Crippen molar-refractivity contribution in [2.45, 2.75) is 65.3 Å². The molecule has 0 aliphatic heterocycles. The zero-order valence-electron chi connectivity index (χ0n) is 13.4. The van der Waals surface area contributed by atoms with Gasteiger partial charge in [0.25, 0.3) is 0 Å². The Hall–Kier alpha value is -1.35. The molecule has 1 atom stereocenters. The van der Waals surface area contributed by atoms with Gasteiger partial charge in [0, 0.05) is 18.2 Å². The molecule has 3 nitrogen and oxygen atoms in total. The molecule has 0 spiro atoms. The quantitative estimate of drug-likeness (QED) is 0.825. The van der Waals surface area contributed by atoms with Gasteiger partial charge in [-0.25, -0.2) is 0 Å². The SMILES string of the molecule is CC(N)CCC(=O)Nc1c(C(C)C)cccc1C(C)C. The maximum atomic E-state index is 12.1. The van der Waals surface area contributed by atoms with Gasteiger partial charge >= 0.3 is 0 Å². The Labute approximate surface area is 122 Å². The van der Waals surface area contributed by atoms with Crippen molar-refractivity contribution >= 4 is 11.6 Å². The van der Waals surface area contributed by atoms with Crippen LogP contribution in [0.3, 0.4) is 0 Å². The lowest BCUT2D eigenvalue weighted by Gasteiger charge is -2.20. The van der Waals surface area contributed by atoms with Crippen LogP contribution in [-0.4, -0.2) is 11.9 Å². The second kappa shape index (κ2) is 7.44. The van der Waals surface area contributed by atoms with Crippen LogP contribution < -0.4 is 11.1 Å². The third kappa shape index (κ3) is 4.64. The van der Waals surface area contributed by atoms with Crippen LogP contribution in [0.25, 0.3) is 0 Å². The van der Waals surface area contributed by atoms with Crippen molar-refractivity contribution < 1.29 is 4.79 Å². The maximum Gasteiger partial charge on any atom is 0.224 e. The number of hydrogen-bond donors (Lipinski definition) is 2. The Balaban J connectivity index is 2.99. The summed E-state index contributed by atoms with van der Waals surface area (Å²) in [4.78, 5) is 12.1. The highest BCUT2D eigenvalue weighted by Gasteiger charge is 2.15. The summed E-state index contributed by atoms with van der Waals surface area (Å²) < 4.78 is 0. The predicted octanol–water partition coefficient (Wildman–Crippen LogP) is 4.00. The van der Waals surface area contributed by atoms with Crippen LogP contribution in [0.4, 0.5) is 5.69 Å². The van der Waals surface area contributed by atoms with Gasteiger partial charge in [-0.15, -0.1) is 0 Å². The molecule has 0 radical (unpaired) electrons. The Bertz CT molecular complexity index is 424. The molecule has 1 amide bonds. The van der Waals surface area contributed by atoms with E-state index in [1.165, 1.54) is 11.1 Å². The van der Waals surface area contributed by atoms with E-state index in [-0.39, 0.29) is 11.9 Å². The summed E-state index contributed by atoms with van der Waals surface area (Å²) in [6.45, 7) is 10.5. The lowest BCUT2D eigenvalue weighted by Crippen LogP contribution is -2.20. The fourth-order valence-electron chi connectivity index (χ4n) is 2.26. The molecule has 0 aliphatic carbocycles. The monoisotopic (exact) mass is 276 g/mol. The second-order valence-electron chi connectivity index (χ2n) is 6.19. The third-order valence-corrected chi connectivity index (χ3v) is 3.46. The molecule has 1 aromatic rings. The third-order valence-electron chi connectivity index (χ3n) is 3.46. The van der Waals surface area contributed by atoms with Crippen LogP contribution in [-0.2, 0) is 4.79 Å². The van der Waals surface area contributed by atoms with Crippen LogP contribution in [0.5, 0.6) is 0 Å². The number of carbonyl (C=O) groups is 1. The number of nitrogens with two attached hydrogens (primary N) is 1. The van der Waals surface area contributed by atoms with Crippen LogP contribution >= 0.6 is 0 Å². The number of para-hydroxylation sites is 1. The van der Waals surface area contributed by atoms with Crippen LogP contribution in [0.1, 0.15) is 70.4 Å². The summed E-state index contributed by atoms with van der Waals surface area (Å²) >= 11 is 0. The molecule has 0 aliphatic rings. The molecule has 0 bridgehead atoms. The Morgan fingerprint density at radius 3 is 2.00 bits per heavy atom. The van der Waals surface area contributed by atoms with Gasteiger partial charge in [-0.1, -0.05) is 45.9 Å². The molecule has 0 saturated carbocycles. The fraction of sp³-hybridized carbons (Fsp3) is 0.588. The van der Waals surface area contributed by atoms with Gasteiger partial charge in [0.2, 0.25) is 5.91 Å². The van der Waals surface area contributed by atoms with E-state index in [1.807, 2.05) is 6.92 Å². The number of amides is 1. The summed E-state index contributed by atoms with van der Waals surface area (Å²) in [6.07, 6.45) is 1.19. The van der Waals surface area contributed by atoms with E-state index in [9.17, 15) is 4.79 Å².